The second kappa shape index (κ2) is 8.34. The zero-order valence-corrected chi connectivity index (χ0v) is 17.3. The van der Waals surface area contributed by atoms with Crippen LogP contribution in [0.5, 0.6) is 0 Å². The van der Waals surface area contributed by atoms with E-state index in [2.05, 4.69) is 4.72 Å². The fourth-order valence-corrected chi connectivity index (χ4v) is 4.54. The van der Waals surface area contributed by atoms with Gasteiger partial charge in [-0.3, -0.25) is 4.79 Å². The van der Waals surface area contributed by atoms with Crippen molar-refractivity contribution in [3.63, 3.8) is 0 Å². The molecular formula is C21H23FN2O4S. The lowest BCUT2D eigenvalue weighted by molar-refractivity contribution is -0.131. The minimum Gasteiger partial charge on any atom is -0.461 e. The van der Waals surface area contributed by atoms with Gasteiger partial charge < -0.3 is 9.32 Å². The molecule has 8 heteroatoms. The van der Waals surface area contributed by atoms with Crippen molar-refractivity contribution < 1.29 is 22.0 Å². The molecular weight excluding hydrogens is 395 g/mol. The summed E-state index contributed by atoms with van der Waals surface area (Å²) >= 11 is 0. The number of benzene rings is 2. The van der Waals surface area contributed by atoms with Crippen LogP contribution in [0.25, 0.3) is 11.0 Å². The highest BCUT2D eigenvalue weighted by atomic mass is 32.2. The van der Waals surface area contributed by atoms with Crippen molar-refractivity contribution in [3.05, 3.63) is 65.7 Å². The molecule has 1 amide bonds. The van der Waals surface area contributed by atoms with Gasteiger partial charge in [0.1, 0.15) is 22.1 Å². The predicted octanol–water partition coefficient (Wildman–Crippen LogP) is 3.46. The Balaban J connectivity index is 1.78. The van der Waals surface area contributed by atoms with Gasteiger partial charge in [-0.15, -0.1) is 0 Å². The zero-order valence-electron chi connectivity index (χ0n) is 16.5. The lowest BCUT2D eigenvalue weighted by atomic mass is 10.1. The number of carbonyl (C=O) groups excluding carboxylic acids is 1. The maximum Gasteiger partial charge on any atom is 0.244 e. The summed E-state index contributed by atoms with van der Waals surface area (Å²) in [6, 6.07) is 11.5. The van der Waals surface area contributed by atoms with E-state index in [1.807, 2.05) is 31.2 Å². The number of aryl methyl sites for hydroxylation is 1. The number of amides is 1. The second-order valence-corrected chi connectivity index (χ2v) is 8.50. The van der Waals surface area contributed by atoms with Gasteiger partial charge in [-0.25, -0.2) is 12.8 Å². The third-order valence-corrected chi connectivity index (χ3v) is 6.28. The molecule has 0 unspecified atom stereocenters. The van der Waals surface area contributed by atoms with Crippen LogP contribution in [0.3, 0.4) is 0 Å². The average molecular weight is 418 g/mol. The van der Waals surface area contributed by atoms with Crippen molar-refractivity contribution >= 4 is 26.9 Å². The van der Waals surface area contributed by atoms with E-state index in [4.69, 9.17) is 4.42 Å². The van der Waals surface area contributed by atoms with E-state index in [9.17, 15) is 17.6 Å². The summed E-state index contributed by atoms with van der Waals surface area (Å²) < 4.78 is 46.9. The fraction of sp³-hybridized carbons (Fsp3) is 0.286. The molecule has 2 aromatic carbocycles. The van der Waals surface area contributed by atoms with Crippen LogP contribution in [-0.2, 0) is 27.8 Å². The number of likely N-dealkylation sites (N-methyl/N-ethyl adjacent to an activating group) is 1. The highest BCUT2D eigenvalue weighted by molar-refractivity contribution is 7.89. The first-order valence-corrected chi connectivity index (χ1v) is 10.7. The van der Waals surface area contributed by atoms with Crippen LogP contribution in [0.1, 0.15) is 25.2 Å². The minimum atomic E-state index is -4.17. The van der Waals surface area contributed by atoms with E-state index in [1.54, 1.807) is 7.05 Å². The van der Waals surface area contributed by atoms with Crippen LogP contribution >= 0.6 is 0 Å². The molecule has 1 heterocycles. The third-order valence-electron chi connectivity index (χ3n) is 4.70. The largest absolute Gasteiger partial charge is 0.461 e. The van der Waals surface area contributed by atoms with Gasteiger partial charge >= 0.3 is 0 Å². The van der Waals surface area contributed by atoms with Crippen molar-refractivity contribution in [2.45, 2.75) is 37.8 Å². The van der Waals surface area contributed by atoms with Crippen LogP contribution in [0.4, 0.5) is 4.39 Å². The van der Waals surface area contributed by atoms with Crippen molar-refractivity contribution in [3.8, 4) is 0 Å². The first-order chi connectivity index (χ1) is 13.7. The van der Waals surface area contributed by atoms with Crippen molar-refractivity contribution in [1.82, 2.24) is 9.62 Å². The van der Waals surface area contributed by atoms with Gasteiger partial charge in [0.2, 0.25) is 15.9 Å². The first kappa shape index (κ1) is 21.0. The quantitative estimate of drug-likeness (QED) is 0.637. The standard InChI is InChI=1S/C21H23FN2O4S/c1-4-18-16(15-9-5-7-11-19(15)28-18)13-24(3)21(25)14(2)23-29(26,27)20-12-8-6-10-17(20)22/h5-12,14,23H,4,13H2,1-3H3/t14-/m0/s1. The molecule has 0 aliphatic heterocycles. The number of para-hydroxylation sites is 1. The summed E-state index contributed by atoms with van der Waals surface area (Å²) in [7, 11) is -2.57. The topological polar surface area (TPSA) is 79.6 Å². The van der Waals surface area contributed by atoms with Crippen LogP contribution in [0.2, 0.25) is 0 Å². The Morgan fingerprint density at radius 2 is 1.83 bits per heavy atom. The molecule has 3 aromatic rings. The van der Waals surface area contributed by atoms with Gasteiger partial charge in [-0.05, 0) is 25.1 Å². The monoisotopic (exact) mass is 418 g/mol. The Kier molecular flexibility index (Phi) is 6.04. The molecule has 0 saturated heterocycles. The third kappa shape index (κ3) is 4.33. The summed E-state index contributed by atoms with van der Waals surface area (Å²) in [5.74, 6) is -0.520. The average Bonchev–Trinajstić information content (AvgIpc) is 3.04. The Labute approximate surface area is 169 Å². The number of furan rings is 1. The Bertz CT molecular complexity index is 1140. The molecule has 0 aliphatic rings. The lowest BCUT2D eigenvalue weighted by Crippen LogP contribution is -2.45. The smallest absolute Gasteiger partial charge is 0.244 e. The number of nitrogens with zero attached hydrogens (tertiary/aromatic N) is 1. The molecule has 154 valence electrons. The molecule has 1 N–H and O–H groups in total. The Morgan fingerprint density at radius 3 is 2.52 bits per heavy atom. The molecule has 0 aliphatic carbocycles. The van der Waals surface area contributed by atoms with Crippen LogP contribution in [0, 0.1) is 5.82 Å². The Hall–Kier alpha value is -2.71. The van der Waals surface area contributed by atoms with E-state index in [1.165, 1.54) is 24.0 Å². The molecule has 0 bridgehead atoms. The molecule has 0 spiro atoms. The van der Waals surface area contributed by atoms with Gasteiger partial charge in [0.05, 0.1) is 6.04 Å². The second-order valence-electron chi connectivity index (χ2n) is 6.82. The van der Waals surface area contributed by atoms with Gasteiger partial charge in [-0.2, -0.15) is 4.72 Å². The van der Waals surface area contributed by atoms with E-state index in [0.29, 0.717) is 6.42 Å². The van der Waals surface area contributed by atoms with Crippen LogP contribution in [0.15, 0.2) is 57.8 Å². The minimum absolute atomic E-state index is 0.269. The molecule has 1 atom stereocenters. The van der Waals surface area contributed by atoms with Gasteiger partial charge in [0, 0.05) is 31.0 Å². The number of hydrogen-bond acceptors (Lipinski definition) is 4. The van der Waals surface area contributed by atoms with Crippen LogP contribution in [-0.4, -0.2) is 32.3 Å². The summed E-state index contributed by atoms with van der Waals surface area (Å²) in [6.07, 6.45) is 0.668. The number of nitrogens with one attached hydrogen (secondary N) is 1. The summed E-state index contributed by atoms with van der Waals surface area (Å²) in [6.45, 7) is 3.67. The molecule has 1 aromatic heterocycles. The maximum absolute atomic E-state index is 13.9. The summed E-state index contributed by atoms with van der Waals surface area (Å²) in [5, 5.41) is 0.920. The van der Waals surface area contributed by atoms with Gasteiger partial charge in [-0.1, -0.05) is 37.3 Å². The molecule has 29 heavy (non-hydrogen) atoms. The zero-order chi connectivity index (χ0) is 21.2. The number of halogens is 1. The first-order valence-electron chi connectivity index (χ1n) is 9.25. The number of fused-ring (bicyclic) bond motifs is 1. The number of rotatable bonds is 7. The number of carbonyl (C=O) groups is 1. The van der Waals surface area contributed by atoms with Crippen molar-refractivity contribution in [2.24, 2.45) is 0 Å². The summed E-state index contributed by atoms with van der Waals surface area (Å²) in [4.78, 5) is 13.7. The van der Waals surface area contributed by atoms with E-state index < -0.39 is 32.7 Å². The molecule has 3 rings (SSSR count). The fourth-order valence-electron chi connectivity index (χ4n) is 3.26. The molecule has 0 saturated carbocycles. The number of sulfonamides is 1. The van der Waals surface area contributed by atoms with E-state index in [0.717, 1.165) is 34.4 Å². The highest BCUT2D eigenvalue weighted by Gasteiger charge is 2.27. The van der Waals surface area contributed by atoms with Gasteiger partial charge in [0.15, 0.2) is 0 Å². The molecule has 0 radical (unpaired) electrons. The summed E-state index contributed by atoms with van der Waals surface area (Å²) in [5.41, 5.74) is 1.64. The van der Waals surface area contributed by atoms with Crippen molar-refractivity contribution in [1.29, 1.82) is 0 Å². The molecule has 6 nitrogen and oxygen atoms in total. The lowest BCUT2D eigenvalue weighted by Gasteiger charge is -2.22. The normalized spacial score (nSPS) is 12.8. The predicted molar refractivity (Wildman–Crippen MR) is 108 cm³/mol. The van der Waals surface area contributed by atoms with Gasteiger partial charge in [0.25, 0.3) is 0 Å². The van der Waals surface area contributed by atoms with Crippen molar-refractivity contribution in [2.75, 3.05) is 7.05 Å². The Morgan fingerprint density at radius 1 is 1.17 bits per heavy atom. The number of hydrogen-bond donors (Lipinski definition) is 1. The SMILES string of the molecule is CCc1oc2ccccc2c1CN(C)C(=O)[C@H](C)NS(=O)(=O)c1ccccc1F. The molecule has 0 fully saturated rings. The van der Waals surface area contributed by atoms with E-state index in [-0.39, 0.29) is 6.54 Å². The van der Waals surface area contributed by atoms with Crippen LogP contribution < -0.4 is 4.72 Å². The van der Waals surface area contributed by atoms with E-state index >= 15 is 0 Å². The highest BCUT2D eigenvalue weighted by Crippen LogP contribution is 2.27. The maximum atomic E-state index is 13.9.